The third-order valence-electron chi connectivity index (χ3n) is 6.49. The van der Waals surface area contributed by atoms with Crippen molar-refractivity contribution in [3.8, 4) is 0 Å². The molecule has 5 rings (SSSR count). The van der Waals surface area contributed by atoms with Gasteiger partial charge in [-0.25, -0.2) is 13.6 Å². The van der Waals surface area contributed by atoms with Crippen LogP contribution in [0.15, 0.2) is 77.6 Å². The van der Waals surface area contributed by atoms with E-state index in [4.69, 9.17) is 6.85 Å². The van der Waals surface area contributed by atoms with Gasteiger partial charge in [0.15, 0.2) is 0 Å². The standard InChI is InChI=1S/C28H29F2N3O2/c29-22-11-7-20(8-12-22)25(21-9-13-23(30)14-10-21)4-3-17-33(35)18-15-24(16-19-33)32-27-6-2-1-5-26(27)31-28(32)34/h1-2,5-14,24-25H,3-4,15-19H2,(H,31,34)/i15D2,16D2,24D. The van der Waals surface area contributed by atoms with Gasteiger partial charge < -0.3 is 14.8 Å². The molecule has 0 bridgehead atoms. The number of likely N-dealkylation sites (tertiary alicyclic amines) is 1. The van der Waals surface area contributed by atoms with Gasteiger partial charge in [-0.05, 0) is 60.4 Å². The Kier molecular flexibility index (Phi) is 5.03. The molecule has 0 aliphatic carbocycles. The number of quaternary nitrogens is 1. The number of piperidine rings is 1. The highest BCUT2D eigenvalue weighted by Gasteiger charge is 2.30. The molecule has 7 heteroatoms. The zero-order chi connectivity index (χ0) is 28.9. The maximum atomic E-state index is 13.9. The first kappa shape index (κ1) is 18.0. The molecule has 0 saturated carbocycles. The maximum Gasteiger partial charge on any atom is 0.326 e. The summed E-state index contributed by atoms with van der Waals surface area (Å²) in [7, 11) is 0. The molecule has 2 heterocycles. The molecular weight excluding hydrogens is 448 g/mol. The molecule has 1 aromatic heterocycles. The molecule has 1 fully saturated rings. The molecule has 1 aliphatic rings. The van der Waals surface area contributed by atoms with Gasteiger partial charge in [0.05, 0.1) is 32.0 Å². The Bertz CT molecular complexity index is 1510. The quantitative estimate of drug-likeness (QED) is 0.265. The van der Waals surface area contributed by atoms with Gasteiger partial charge in [-0.2, -0.15) is 0 Å². The summed E-state index contributed by atoms with van der Waals surface area (Å²) in [5.74, 6) is -1.11. The van der Waals surface area contributed by atoms with E-state index in [1.807, 2.05) is 0 Å². The molecule has 0 unspecified atom stereocenters. The molecule has 0 atom stereocenters. The second kappa shape index (κ2) is 9.76. The van der Waals surface area contributed by atoms with Gasteiger partial charge in [-0.1, -0.05) is 36.4 Å². The topological polar surface area (TPSA) is 60.9 Å². The number of benzene rings is 3. The van der Waals surface area contributed by atoms with Crippen LogP contribution in [0.4, 0.5) is 8.78 Å². The molecule has 0 amide bonds. The summed E-state index contributed by atoms with van der Waals surface area (Å²) >= 11 is 0. The molecule has 4 aromatic rings. The normalized spacial score (nSPS) is 27.6. The Labute approximate surface area is 209 Å². The molecule has 5 nitrogen and oxygen atoms in total. The number of hydrogen-bond donors (Lipinski definition) is 1. The number of aromatic amines is 1. The minimum absolute atomic E-state index is 0.142. The van der Waals surface area contributed by atoms with Crippen molar-refractivity contribution in [1.82, 2.24) is 9.55 Å². The Morgan fingerprint density at radius 3 is 2.17 bits per heavy atom. The summed E-state index contributed by atoms with van der Waals surface area (Å²) in [5, 5.41) is 13.9. The molecule has 1 saturated heterocycles. The lowest BCUT2D eigenvalue weighted by Crippen LogP contribution is -2.49. The van der Waals surface area contributed by atoms with Crippen LogP contribution in [0.5, 0.6) is 0 Å². The largest absolute Gasteiger partial charge is 0.633 e. The number of H-pyrrole nitrogens is 1. The number of rotatable bonds is 7. The maximum absolute atomic E-state index is 13.9. The summed E-state index contributed by atoms with van der Waals surface area (Å²) in [6.07, 6.45) is -4.77. The van der Waals surface area contributed by atoms with Gasteiger partial charge >= 0.3 is 5.69 Å². The number of nitrogens with zero attached hydrogens (tertiary/aromatic N) is 2. The summed E-state index contributed by atoms with van der Waals surface area (Å²) in [4.78, 5) is 15.4. The van der Waals surface area contributed by atoms with Gasteiger partial charge in [0.25, 0.3) is 0 Å². The number of nitrogens with one attached hydrogen (secondary N) is 1. The second-order valence-electron chi connectivity index (χ2n) is 8.88. The van der Waals surface area contributed by atoms with Crippen LogP contribution < -0.4 is 5.69 Å². The highest BCUT2D eigenvalue weighted by Crippen LogP contribution is 2.32. The zero-order valence-electron chi connectivity index (χ0n) is 24.0. The molecule has 182 valence electrons. The fourth-order valence-corrected chi connectivity index (χ4v) is 4.65. The van der Waals surface area contributed by atoms with Crippen LogP contribution >= 0.6 is 0 Å². The number of halogens is 2. The van der Waals surface area contributed by atoms with E-state index in [0.717, 1.165) is 15.7 Å². The monoisotopic (exact) mass is 482 g/mol. The van der Waals surface area contributed by atoms with E-state index < -0.39 is 53.8 Å². The van der Waals surface area contributed by atoms with E-state index in [2.05, 4.69) is 4.98 Å². The Morgan fingerprint density at radius 2 is 1.57 bits per heavy atom. The number of imidazole rings is 1. The lowest BCUT2D eigenvalue weighted by Gasteiger charge is -2.47. The fraction of sp³-hybridized carbons (Fsp3) is 0.321. The average molecular weight is 483 g/mol. The smallest absolute Gasteiger partial charge is 0.326 e. The van der Waals surface area contributed by atoms with Crippen molar-refractivity contribution in [2.75, 3.05) is 19.6 Å². The highest BCUT2D eigenvalue weighted by molar-refractivity contribution is 5.75. The van der Waals surface area contributed by atoms with Gasteiger partial charge in [-0.3, -0.25) is 4.57 Å². The molecular formula is C28H29F2N3O2. The van der Waals surface area contributed by atoms with E-state index in [9.17, 15) is 18.8 Å². The summed E-state index contributed by atoms with van der Waals surface area (Å²) in [5.41, 5.74) is 1.22. The molecule has 0 spiro atoms. The number of fused-ring (bicyclic) bond motifs is 1. The van der Waals surface area contributed by atoms with Gasteiger partial charge in [0.2, 0.25) is 0 Å². The van der Waals surface area contributed by atoms with E-state index in [1.165, 1.54) is 30.3 Å². The first-order valence-electron chi connectivity index (χ1n) is 14.0. The third kappa shape index (κ3) is 5.06. The Balaban J connectivity index is 1.41. The summed E-state index contributed by atoms with van der Waals surface area (Å²) < 4.78 is 70.8. The van der Waals surface area contributed by atoms with E-state index in [-0.39, 0.29) is 24.4 Å². The molecule has 1 aliphatic heterocycles. The zero-order valence-corrected chi connectivity index (χ0v) is 19.0. The third-order valence-corrected chi connectivity index (χ3v) is 6.49. The van der Waals surface area contributed by atoms with Crippen LogP contribution in [0, 0.1) is 16.8 Å². The molecule has 3 aromatic carbocycles. The molecule has 1 N–H and O–H groups in total. The van der Waals surface area contributed by atoms with Crippen molar-refractivity contribution in [3.63, 3.8) is 0 Å². The lowest BCUT2D eigenvalue weighted by atomic mass is 9.87. The van der Waals surface area contributed by atoms with E-state index in [0.29, 0.717) is 11.9 Å². The summed E-state index contributed by atoms with van der Waals surface area (Å²) in [6, 6.07) is 15.4. The predicted octanol–water partition coefficient (Wildman–Crippen LogP) is 5.87. The number of hydroxylamine groups is 3. The number of para-hydroxylation sites is 2. The highest BCUT2D eigenvalue weighted by atomic mass is 19.1. The van der Waals surface area contributed by atoms with Crippen molar-refractivity contribution in [3.05, 3.63) is 111 Å². The van der Waals surface area contributed by atoms with Crippen LogP contribution in [-0.2, 0) is 0 Å². The first-order chi connectivity index (χ1) is 18.8. The second-order valence-corrected chi connectivity index (χ2v) is 8.88. The summed E-state index contributed by atoms with van der Waals surface area (Å²) in [6.45, 7) is -1.59. The van der Waals surface area contributed by atoms with E-state index >= 15 is 0 Å². The van der Waals surface area contributed by atoms with Crippen LogP contribution in [0.25, 0.3) is 11.0 Å². The van der Waals surface area contributed by atoms with Gasteiger partial charge in [-0.15, -0.1) is 0 Å². The Hall–Kier alpha value is -3.29. The van der Waals surface area contributed by atoms with Crippen molar-refractivity contribution < 1.29 is 20.3 Å². The van der Waals surface area contributed by atoms with Crippen molar-refractivity contribution in [2.24, 2.45) is 0 Å². The number of aromatic nitrogens is 2. The minimum atomic E-state index is -2.71. The van der Waals surface area contributed by atoms with Crippen LogP contribution in [0.1, 0.15) is 55.5 Å². The Morgan fingerprint density at radius 1 is 1.00 bits per heavy atom. The average Bonchev–Trinajstić information content (AvgIpc) is 3.22. The van der Waals surface area contributed by atoms with Crippen LogP contribution in [-0.4, -0.2) is 33.8 Å². The molecule has 0 radical (unpaired) electrons. The number of hydrogen-bond acceptors (Lipinski definition) is 2. The first-order valence-corrected chi connectivity index (χ1v) is 11.5. The fourth-order valence-electron chi connectivity index (χ4n) is 4.65. The lowest BCUT2D eigenvalue weighted by molar-refractivity contribution is -0.886. The predicted molar refractivity (Wildman–Crippen MR) is 133 cm³/mol. The minimum Gasteiger partial charge on any atom is -0.633 e. The van der Waals surface area contributed by atoms with Gasteiger partial charge in [0, 0.05) is 30.2 Å². The van der Waals surface area contributed by atoms with Crippen molar-refractivity contribution in [2.45, 2.75) is 37.5 Å². The molecule has 35 heavy (non-hydrogen) atoms. The van der Waals surface area contributed by atoms with Crippen LogP contribution in [0.3, 0.4) is 0 Å². The van der Waals surface area contributed by atoms with Crippen molar-refractivity contribution in [1.29, 1.82) is 0 Å². The van der Waals surface area contributed by atoms with Crippen molar-refractivity contribution >= 4 is 11.0 Å². The van der Waals surface area contributed by atoms with Crippen LogP contribution in [0.2, 0.25) is 0 Å². The van der Waals surface area contributed by atoms with E-state index in [1.54, 1.807) is 42.5 Å². The SMILES string of the molecule is [2H]C1([2H])C[N+]([O-])(CCCC(c2ccc(F)cc2)c2ccc(F)cc2)CC([2H])([2H])C1([2H])n1c(=O)[nH]c2ccccc21. The van der Waals surface area contributed by atoms with Gasteiger partial charge in [0.1, 0.15) is 11.6 Å².